The lowest BCUT2D eigenvalue weighted by molar-refractivity contribution is -0.133. The van der Waals surface area contributed by atoms with Crippen molar-refractivity contribution < 1.29 is 23.4 Å². The van der Waals surface area contributed by atoms with E-state index in [0.717, 1.165) is 22.3 Å². The molecule has 1 aliphatic heterocycles. The minimum atomic E-state index is -3.58. The molecular weight excluding hydrogens is 524 g/mol. The molecule has 1 aliphatic rings. The summed E-state index contributed by atoms with van der Waals surface area (Å²) in [6.07, 6.45) is 0.271. The van der Waals surface area contributed by atoms with Crippen molar-refractivity contribution in [3.05, 3.63) is 101 Å². The summed E-state index contributed by atoms with van der Waals surface area (Å²) in [5.74, 6) is -1.21. The van der Waals surface area contributed by atoms with Crippen LogP contribution in [0.15, 0.2) is 94.9 Å². The van der Waals surface area contributed by atoms with Crippen LogP contribution in [0.3, 0.4) is 0 Å². The van der Waals surface area contributed by atoms with Crippen LogP contribution >= 0.6 is 11.8 Å². The van der Waals surface area contributed by atoms with Crippen LogP contribution in [0.1, 0.15) is 16.6 Å². The summed E-state index contributed by atoms with van der Waals surface area (Å²) >= 11 is 1.19. The van der Waals surface area contributed by atoms with Gasteiger partial charge in [-0.2, -0.15) is 9.78 Å². The van der Waals surface area contributed by atoms with Gasteiger partial charge in [-0.05, 0) is 41.9 Å². The lowest BCUT2D eigenvalue weighted by Gasteiger charge is -2.13. The number of aromatic nitrogens is 2. The first kappa shape index (κ1) is 25.6. The Bertz CT molecular complexity index is 1630. The lowest BCUT2D eigenvalue weighted by atomic mass is 9.98. The number of rotatable bonds is 8. The lowest BCUT2D eigenvalue weighted by Crippen LogP contribution is -2.23. The second-order valence-electron chi connectivity index (χ2n) is 8.54. The van der Waals surface area contributed by atoms with Gasteiger partial charge < -0.3 is 15.5 Å². The Labute approximate surface area is 223 Å². The van der Waals surface area contributed by atoms with Gasteiger partial charge in [0.2, 0.25) is 15.9 Å². The number of carboxylic acid groups (broad SMARTS) is 1. The Hall–Kier alpha value is -4.06. The summed E-state index contributed by atoms with van der Waals surface area (Å²) in [4.78, 5) is 11.5. The third kappa shape index (κ3) is 5.03. The third-order valence-corrected chi connectivity index (χ3v) is 8.53. The maximum atomic E-state index is 12.1. The summed E-state index contributed by atoms with van der Waals surface area (Å²) in [5, 5.41) is 29.7. The van der Waals surface area contributed by atoms with Gasteiger partial charge in [0, 0.05) is 23.0 Å². The second kappa shape index (κ2) is 10.4. The summed E-state index contributed by atoms with van der Waals surface area (Å²) < 4.78 is 27.9. The molecule has 38 heavy (non-hydrogen) atoms. The molecule has 5 rings (SSSR count). The van der Waals surface area contributed by atoms with Crippen molar-refractivity contribution in [3.8, 4) is 28.3 Å². The van der Waals surface area contributed by atoms with E-state index in [-0.39, 0.29) is 22.9 Å². The highest BCUT2D eigenvalue weighted by molar-refractivity contribution is 8.02. The monoisotopic (exact) mass is 548 g/mol. The van der Waals surface area contributed by atoms with E-state index in [9.17, 15) is 23.4 Å². The number of thioether (sulfide) groups is 1. The quantitative estimate of drug-likeness (QED) is 0.258. The molecule has 2 heterocycles. The molecule has 0 saturated heterocycles. The number of carboxylic acids is 1. The highest BCUT2D eigenvalue weighted by Crippen LogP contribution is 2.39. The fourth-order valence-corrected chi connectivity index (χ4v) is 5.79. The maximum Gasteiger partial charge on any atom is 0.352 e. The first-order chi connectivity index (χ1) is 18.3. The third-order valence-electron chi connectivity index (χ3n) is 6.15. The van der Waals surface area contributed by atoms with Gasteiger partial charge in [0.05, 0.1) is 10.6 Å². The minimum Gasteiger partial charge on any atom is -0.493 e. The number of nitrogens with one attached hydrogen (secondary N) is 2. The van der Waals surface area contributed by atoms with Gasteiger partial charge in [-0.3, -0.25) is 0 Å². The number of hydrogen-bond donors (Lipinski definition) is 4. The van der Waals surface area contributed by atoms with E-state index in [1.165, 1.54) is 41.0 Å². The molecule has 0 saturated carbocycles. The van der Waals surface area contributed by atoms with E-state index in [1.807, 2.05) is 54.6 Å². The number of aliphatic carboxylic acids is 1. The maximum absolute atomic E-state index is 12.1. The minimum absolute atomic E-state index is 0.0189. The first-order valence-electron chi connectivity index (χ1n) is 11.6. The Morgan fingerprint density at radius 2 is 1.71 bits per heavy atom. The summed E-state index contributed by atoms with van der Waals surface area (Å²) in [7, 11) is -2.23. The highest BCUT2D eigenvalue weighted by Gasteiger charge is 2.29. The molecule has 0 radical (unpaired) electrons. The van der Waals surface area contributed by atoms with Gasteiger partial charge in [0.25, 0.3) is 0 Å². The Morgan fingerprint density at radius 3 is 2.37 bits per heavy atom. The normalized spacial score (nSPS) is 15.2. The van der Waals surface area contributed by atoms with Crippen LogP contribution in [0.5, 0.6) is 5.88 Å². The van der Waals surface area contributed by atoms with Crippen LogP contribution in [-0.4, -0.2) is 41.4 Å². The van der Waals surface area contributed by atoms with E-state index >= 15 is 0 Å². The van der Waals surface area contributed by atoms with Crippen LogP contribution in [0.4, 0.5) is 0 Å². The van der Waals surface area contributed by atoms with Crippen molar-refractivity contribution in [2.75, 3.05) is 7.05 Å². The Kier molecular flexibility index (Phi) is 6.98. The molecule has 0 fully saturated rings. The molecule has 9 nitrogen and oxygen atoms in total. The molecular formula is C27H24N4O5S2. The van der Waals surface area contributed by atoms with Gasteiger partial charge >= 0.3 is 5.97 Å². The van der Waals surface area contributed by atoms with Gasteiger partial charge in [0.1, 0.15) is 5.70 Å². The van der Waals surface area contributed by atoms with Crippen molar-refractivity contribution in [3.63, 3.8) is 0 Å². The highest BCUT2D eigenvalue weighted by atomic mass is 32.2. The molecule has 0 spiro atoms. The summed E-state index contributed by atoms with van der Waals surface area (Å²) in [6.45, 7) is 0. The van der Waals surface area contributed by atoms with Crippen LogP contribution in [-0.2, 0) is 21.2 Å². The molecule has 0 amide bonds. The molecule has 0 bridgehead atoms. The van der Waals surface area contributed by atoms with Crippen LogP contribution in [0, 0.1) is 0 Å². The predicted octanol–water partition coefficient (Wildman–Crippen LogP) is 4.14. The number of sulfonamides is 1. The van der Waals surface area contributed by atoms with E-state index < -0.39 is 21.5 Å². The predicted molar refractivity (Wildman–Crippen MR) is 146 cm³/mol. The van der Waals surface area contributed by atoms with Crippen molar-refractivity contribution in [2.45, 2.75) is 16.8 Å². The average molecular weight is 549 g/mol. The van der Waals surface area contributed by atoms with E-state index in [1.54, 1.807) is 12.1 Å². The molecule has 1 atom stereocenters. The molecule has 4 N–H and O–H groups in total. The van der Waals surface area contributed by atoms with Crippen molar-refractivity contribution in [1.29, 1.82) is 0 Å². The summed E-state index contributed by atoms with van der Waals surface area (Å²) in [6, 6.07) is 24.1. The summed E-state index contributed by atoms with van der Waals surface area (Å²) in [5.41, 5.74) is 4.01. The topological polar surface area (TPSA) is 134 Å². The van der Waals surface area contributed by atoms with Crippen molar-refractivity contribution in [2.24, 2.45) is 0 Å². The zero-order valence-corrected chi connectivity index (χ0v) is 21.8. The largest absolute Gasteiger partial charge is 0.493 e. The molecule has 1 unspecified atom stereocenters. The van der Waals surface area contributed by atoms with E-state index in [4.69, 9.17) is 5.10 Å². The van der Waals surface area contributed by atoms with E-state index in [0.29, 0.717) is 11.3 Å². The standard InChI is InChI=1S/C27H24N4O5S2/c1-28-38(35,36)21-12-10-17(11-13-21)14-22-24(20-9-5-8-19(15-20)18-6-3-2-4-7-18)30-31(25(22)32)27-29-23(16-37-27)26(33)34/h2-13,15-16,27-29,32H,14H2,1H3,(H,33,34). The average Bonchev–Trinajstić information content (AvgIpc) is 3.55. The Balaban J connectivity index is 1.56. The smallest absolute Gasteiger partial charge is 0.352 e. The van der Waals surface area contributed by atoms with E-state index in [2.05, 4.69) is 10.0 Å². The van der Waals surface area contributed by atoms with Crippen molar-refractivity contribution in [1.82, 2.24) is 19.8 Å². The number of benzene rings is 3. The van der Waals surface area contributed by atoms with Crippen LogP contribution < -0.4 is 10.0 Å². The molecule has 1 aromatic heterocycles. The van der Waals surface area contributed by atoms with Crippen LogP contribution in [0.2, 0.25) is 0 Å². The molecule has 0 aliphatic carbocycles. The second-order valence-corrected chi connectivity index (χ2v) is 11.4. The number of hydrogen-bond acceptors (Lipinski definition) is 7. The van der Waals surface area contributed by atoms with Crippen molar-refractivity contribution >= 4 is 27.8 Å². The van der Waals surface area contributed by atoms with Crippen LogP contribution in [0.25, 0.3) is 22.4 Å². The molecule has 11 heteroatoms. The SMILES string of the molecule is CNS(=O)(=O)c1ccc(Cc2c(-c3cccc(-c4ccccc4)c3)nn(C3NC(C(=O)O)=CS3)c2O)cc1. The Morgan fingerprint density at radius 1 is 1.03 bits per heavy atom. The number of aromatic hydroxyl groups is 1. The zero-order valence-electron chi connectivity index (χ0n) is 20.2. The molecule has 194 valence electrons. The molecule has 3 aromatic carbocycles. The van der Waals surface area contributed by atoms with Gasteiger partial charge in [-0.15, -0.1) is 0 Å². The number of nitrogens with zero attached hydrogens (tertiary/aromatic N) is 2. The molecule has 4 aromatic rings. The van der Waals surface area contributed by atoms with Gasteiger partial charge in [0.15, 0.2) is 5.50 Å². The number of carbonyl (C=O) groups is 1. The van der Waals surface area contributed by atoms with Gasteiger partial charge in [-0.1, -0.05) is 72.4 Å². The fourth-order valence-electron chi connectivity index (χ4n) is 4.17. The zero-order chi connectivity index (χ0) is 26.9. The fraction of sp³-hybridized carbons (Fsp3) is 0.111. The van der Waals surface area contributed by atoms with Gasteiger partial charge in [-0.25, -0.2) is 17.9 Å². The first-order valence-corrected chi connectivity index (χ1v) is 14.0.